The van der Waals surface area contributed by atoms with Crippen LogP contribution in [-0.2, 0) is 11.3 Å². The van der Waals surface area contributed by atoms with Crippen molar-refractivity contribution >= 4 is 16.8 Å². The minimum atomic E-state index is 0.169. The third-order valence-electron chi connectivity index (χ3n) is 5.12. The maximum Gasteiger partial charge on any atom is 0.247 e. The van der Waals surface area contributed by atoms with Gasteiger partial charge in [-0.15, -0.1) is 10.2 Å². The third-order valence-corrected chi connectivity index (χ3v) is 5.12. The second-order valence-electron chi connectivity index (χ2n) is 7.07. The van der Waals surface area contributed by atoms with E-state index in [0.717, 1.165) is 55.6 Å². The number of fused-ring (bicyclic) bond motifs is 1. The second-order valence-corrected chi connectivity index (χ2v) is 7.07. The van der Waals surface area contributed by atoms with Gasteiger partial charge >= 0.3 is 0 Å². The topological polar surface area (TPSA) is 67.4 Å². The fourth-order valence-electron chi connectivity index (χ4n) is 3.65. The van der Waals surface area contributed by atoms with Crippen LogP contribution in [0.2, 0.25) is 0 Å². The van der Waals surface area contributed by atoms with Crippen LogP contribution in [0.25, 0.3) is 22.4 Å². The molecule has 7 heteroatoms. The molecule has 1 aliphatic heterocycles. The van der Waals surface area contributed by atoms with Crippen molar-refractivity contribution in [3.05, 3.63) is 36.4 Å². The van der Waals surface area contributed by atoms with Gasteiger partial charge in [-0.3, -0.25) is 9.69 Å². The van der Waals surface area contributed by atoms with Crippen LogP contribution in [0.15, 0.2) is 34.9 Å². The van der Waals surface area contributed by atoms with Crippen LogP contribution in [0.3, 0.4) is 0 Å². The van der Waals surface area contributed by atoms with Crippen LogP contribution >= 0.6 is 0 Å². The first-order chi connectivity index (χ1) is 13.1. The molecule has 142 valence electrons. The van der Waals surface area contributed by atoms with Crippen molar-refractivity contribution < 1.29 is 9.21 Å². The van der Waals surface area contributed by atoms with Crippen LogP contribution < -0.4 is 0 Å². The largest absolute Gasteiger partial charge is 0.421 e. The molecule has 2 aromatic heterocycles. The first-order valence-electron chi connectivity index (χ1n) is 9.53. The Balaban J connectivity index is 1.49. The highest BCUT2D eigenvalue weighted by atomic mass is 16.4. The molecule has 7 nitrogen and oxygen atoms in total. The Morgan fingerprint density at radius 2 is 1.96 bits per heavy atom. The van der Waals surface area contributed by atoms with Crippen LogP contribution in [0.5, 0.6) is 0 Å². The summed E-state index contributed by atoms with van der Waals surface area (Å²) in [6, 6.07) is 8.03. The Morgan fingerprint density at radius 1 is 1.15 bits per heavy atom. The van der Waals surface area contributed by atoms with E-state index in [-0.39, 0.29) is 5.91 Å². The van der Waals surface area contributed by atoms with Crippen LogP contribution in [0, 0.1) is 6.92 Å². The first-order valence-corrected chi connectivity index (χ1v) is 9.53. The highest BCUT2D eigenvalue weighted by Crippen LogP contribution is 2.24. The summed E-state index contributed by atoms with van der Waals surface area (Å²) in [6.07, 6.45) is 3.13. The monoisotopic (exact) mass is 367 g/mol. The quantitative estimate of drug-likeness (QED) is 0.693. The maximum atomic E-state index is 12.8. The number of benzene rings is 1. The van der Waals surface area contributed by atoms with Crippen molar-refractivity contribution in [1.29, 1.82) is 0 Å². The van der Waals surface area contributed by atoms with Gasteiger partial charge in [0.15, 0.2) is 0 Å². The Hall–Kier alpha value is -2.67. The molecular formula is C20H25N5O2. The molecule has 0 N–H and O–H groups in total. The standard InChI is InChI=1S/C20H25N5O2/c1-3-7-23-9-11-24(12-10-23)19(26)14-25-8-6-16-4-5-17(13-18(16)25)20-22-21-15(2)27-20/h4-6,8,13H,3,7,9-12,14H2,1-2H3. The van der Waals surface area contributed by atoms with Crippen LogP contribution in [0.1, 0.15) is 19.2 Å². The molecule has 0 saturated carbocycles. The lowest BCUT2D eigenvalue weighted by Gasteiger charge is -2.34. The predicted molar refractivity (Wildman–Crippen MR) is 103 cm³/mol. The van der Waals surface area contributed by atoms with Gasteiger partial charge in [0, 0.05) is 50.4 Å². The summed E-state index contributed by atoms with van der Waals surface area (Å²) < 4.78 is 7.53. The van der Waals surface area contributed by atoms with Crippen molar-refractivity contribution in [3.8, 4) is 11.5 Å². The molecule has 0 atom stereocenters. The maximum absolute atomic E-state index is 12.8. The van der Waals surface area contributed by atoms with Gasteiger partial charge in [-0.25, -0.2) is 0 Å². The normalized spacial score (nSPS) is 15.6. The van der Waals surface area contributed by atoms with Crippen molar-refractivity contribution in [2.75, 3.05) is 32.7 Å². The molecule has 4 rings (SSSR count). The van der Waals surface area contributed by atoms with Gasteiger partial charge in [0.1, 0.15) is 6.54 Å². The number of hydrogen-bond acceptors (Lipinski definition) is 5. The molecule has 3 aromatic rings. The molecule has 1 fully saturated rings. The molecule has 0 aliphatic carbocycles. The molecule has 1 saturated heterocycles. The average molecular weight is 367 g/mol. The van der Waals surface area contributed by atoms with Gasteiger partial charge in [0.2, 0.25) is 17.7 Å². The van der Waals surface area contributed by atoms with Crippen molar-refractivity contribution in [2.45, 2.75) is 26.8 Å². The third kappa shape index (κ3) is 3.73. The number of aromatic nitrogens is 3. The zero-order valence-electron chi connectivity index (χ0n) is 15.9. The summed E-state index contributed by atoms with van der Waals surface area (Å²) >= 11 is 0. The zero-order valence-corrected chi connectivity index (χ0v) is 15.9. The molecule has 27 heavy (non-hydrogen) atoms. The smallest absolute Gasteiger partial charge is 0.247 e. The lowest BCUT2D eigenvalue weighted by Crippen LogP contribution is -2.49. The number of piperazine rings is 1. The zero-order chi connectivity index (χ0) is 18.8. The van der Waals surface area contributed by atoms with E-state index in [4.69, 9.17) is 4.42 Å². The molecule has 3 heterocycles. The summed E-state index contributed by atoms with van der Waals surface area (Å²) in [6.45, 7) is 8.98. The Kier molecular flexibility index (Phi) is 4.94. The lowest BCUT2D eigenvalue weighted by molar-refractivity contribution is -0.133. The number of hydrogen-bond donors (Lipinski definition) is 0. The van der Waals surface area contributed by atoms with Crippen molar-refractivity contribution in [1.82, 2.24) is 24.6 Å². The Labute approximate surface area is 158 Å². The minimum absolute atomic E-state index is 0.169. The molecule has 1 amide bonds. The summed E-state index contributed by atoms with van der Waals surface area (Å²) in [5, 5.41) is 9.07. The number of amides is 1. The lowest BCUT2D eigenvalue weighted by atomic mass is 10.1. The average Bonchev–Trinajstić information content (AvgIpc) is 3.29. The first kappa shape index (κ1) is 17.7. The summed E-state index contributed by atoms with van der Waals surface area (Å²) in [5.74, 6) is 1.21. The number of aryl methyl sites for hydroxylation is 1. The second kappa shape index (κ2) is 7.52. The molecule has 0 spiro atoms. The number of carbonyl (C=O) groups excluding carboxylic acids is 1. The highest BCUT2D eigenvalue weighted by molar-refractivity contribution is 5.86. The van der Waals surface area contributed by atoms with Gasteiger partial charge < -0.3 is 13.9 Å². The van der Waals surface area contributed by atoms with Gasteiger partial charge in [0.25, 0.3) is 0 Å². The number of carbonyl (C=O) groups is 1. The van der Waals surface area contributed by atoms with Gasteiger partial charge in [-0.05, 0) is 36.6 Å². The molecule has 0 radical (unpaired) electrons. The minimum Gasteiger partial charge on any atom is -0.421 e. The van der Waals surface area contributed by atoms with Gasteiger partial charge in [0.05, 0.1) is 0 Å². The van der Waals surface area contributed by atoms with Crippen LogP contribution in [-0.4, -0.2) is 63.2 Å². The Morgan fingerprint density at radius 3 is 2.67 bits per heavy atom. The number of nitrogens with zero attached hydrogens (tertiary/aromatic N) is 5. The molecule has 1 aromatic carbocycles. The molecule has 0 unspecified atom stereocenters. The molecule has 0 bridgehead atoms. The fraction of sp³-hybridized carbons (Fsp3) is 0.450. The van der Waals surface area contributed by atoms with E-state index in [1.165, 1.54) is 0 Å². The van der Waals surface area contributed by atoms with Crippen molar-refractivity contribution in [2.24, 2.45) is 0 Å². The van der Waals surface area contributed by atoms with E-state index in [1.807, 2.05) is 39.9 Å². The van der Waals surface area contributed by atoms with E-state index in [9.17, 15) is 4.79 Å². The number of rotatable bonds is 5. The molecular weight excluding hydrogens is 342 g/mol. The summed E-state index contributed by atoms with van der Waals surface area (Å²) in [7, 11) is 0. The van der Waals surface area contributed by atoms with E-state index in [1.54, 1.807) is 6.92 Å². The van der Waals surface area contributed by atoms with E-state index < -0.39 is 0 Å². The fourth-order valence-corrected chi connectivity index (χ4v) is 3.65. The van der Waals surface area contributed by atoms with Gasteiger partial charge in [-0.2, -0.15) is 0 Å². The van der Waals surface area contributed by atoms with Crippen molar-refractivity contribution in [3.63, 3.8) is 0 Å². The SMILES string of the molecule is CCCN1CCN(C(=O)Cn2ccc3ccc(-c4nnc(C)o4)cc32)CC1. The summed E-state index contributed by atoms with van der Waals surface area (Å²) in [4.78, 5) is 17.2. The van der Waals surface area contributed by atoms with E-state index >= 15 is 0 Å². The van der Waals surface area contributed by atoms with Crippen LogP contribution in [0.4, 0.5) is 0 Å². The highest BCUT2D eigenvalue weighted by Gasteiger charge is 2.21. The van der Waals surface area contributed by atoms with E-state index in [0.29, 0.717) is 18.3 Å². The van der Waals surface area contributed by atoms with Gasteiger partial charge in [-0.1, -0.05) is 13.0 Å². The predicted octanol–water partition coefficient (Wildman–Crippen LogP) is 2.55. The van der Waals surface area contributed by atoms with E-state index in [2.05, 4.69) is 22.0 Å². The Bertz CT molecular complexity index is 937. The molecule has 1 aliphatic rings. The summed E-state index contributed by atoms with van der Waals surface area (Å²) in [5.41, 5.74) is 1.87.